The van der Waals surface area contributed by atoms with Crippen LogP contribution in [0.2, 0.25) is 0 Å². The van der Waals surface area contributed by atoms with E-state index in [9.17, 15) is 9.59 Å². The van der Waals surface area contributed by atoms with Gasteiger partial charge in [-0.05, 0) is 37.1 Å². The van der Waals surface area contributed by atoms with E-state index in [-0.39, 0.29) is 23.5 Å². The van der Waals surface area contributed by atoms with Gasteiger partial charge in [-0.15, -0.1) is 0 Å². The third-order valence-electron chi connectivity index (χ3n) is 5.81. The predicted octanol–water partition coefficient (Wildman–Crippen LogP) is 0.212. The van der Waals surface area contributed by atoms with Crippen molar-refractivity contribution in [2.45, 2.75) is 30.9 Å². The van der Waals surface area contributed by atoms with Crippen LogP contribution in [-0.4, -0.2) is 80.2 Å². The molecule has 2 saturated heterocycles. The van der Waals surface area contributed by atoms with Crippen LogP contribution in [0.3, 0.4) is 0 Å². The first-order chi connectivity index (χ1) is 13.0. The highest BCUT2D eigenvalue weighted by atomic mass is 16.5. The Morgan fingerprint density at radius 3 is 2.85 bits per heavy atom. The Kier molecular flexibility index (Phi) is 4.82. The Morgan fingerprint density at radius 1 is 1.30 bits per heavy atom. The minimum absolute atomic E-state index is 0.0315. The normalized spacial score (nSPS) is 23.9. The summed E-state index contributed by atoms with van der Waals surface area (Å²) < 4.78 is 11.6. The Bertz CT molecular complexity index is 745. The highest BCUT2D eigenvalue weighted by Gasteiger charge is 2.50. The maximum atomic E-state index is 12.7. The number of hydrogen-bond donors (Lipinski definition) is 1. The molecule has 27 heavy (non-hydrogen) atoms. The highest BCUT2D eigenvalue weighted by molar-refractivity contribution is 5.82. The molecule has 146 valence electrons. The van der Waals surface area contributed by atoms with Gasteiger partial charge in [0.1, 0.15) is 17.4 Å². The van der Waals surface area contributed by atoms with Gasteiger partial charge in [0.2, 0.25) is 11.8 Å². The minimum Gasteiger partial charge on any atom is -0.493 e. The van der Waals surface area contributed by atoms with Crippen molar-refractivity contribution in [2.24, 2.45) is 0 Å². The van der Waals surface area contributed by atoms with Crippen LogP contribution in [0.25, 0.3) is 0 Å². The molecule has 0 bridgehead atoms. The summed E-state index contributed by atoms with van der Waals surface area (Å²) in [7, 11) is 3.57. The zero-order chi connectivity index (χ0) is 19.0. The van der Waals surface area contributed by atoms with Gasteiger partial charge in [0.15, 0.2) is 0 Å². The molecule has 2 fully saturated rings. The number of rotatable bonds is 3. The molecule has 1 atom stereocenters. The lowest BCUT2D eigenvalue weighted by Crippen LogP contribution is -2.73. The molecule has 0 aromatic heterocycles. The molecule has 7 heteroatoms. The van der Waals surface area contributed by atoms with Crippen molar-refractivity contribution in [2.75, 3.05) is 46.9 Å². The Morgan fingerprint density at radius 2 is 2.11 bits per heavy atom. The number of aryl methyl sites for hydroxylation is 1. The quantitative estimate of drug-likeness (QED) is 0.820. The summed E-state index contributed by atoms with van der Waals surface area (Å²) in [5, 5.41) is 2.67. The van der Waals surface area contributed by atoms with E-state index in [2.05, 4.69) is 11.4 Å². The van der Waals surface area contributed by atoms with Gasteiger partial charge in [0.25, 0.3) is 0 Å². The second-order valence-electron chi connectivity index (χ2n) is 7.86. The largest absolute Gasteiger partial charge is 0.493 e. The van der Waals surface area contributed by atoms with E-state index in [0.717, 1.165) is 30.8 Å². The number of morpholine rings is 1. The summed E-state index contributed by atoms with van der Waals surface area (Å²) in [6, 6.07) is 5.80. The molecular weight excluding hydrogens is 346 g/mol. The molecule has 7 nitrogen and oxygen atoms in total. The number of carbonyl (C=O) groups excluding carboxylic acids is 2. The first-order valence-corrected chi connectivity index (χ1v) is 9.58. The van der Waals surface area contributed by atoms with E-state index in [1.54, 1.807) is 7.05 Å². The second kappa shape index (κ2) is 7.13. The molecule has 0 saturated carbocycles. The third kappa shape index (κ3) is 3.53. The zero-order valence-electron chi connectivity index (χ0n) is 16.0. The van der Waals surface area contributed by atoms with Gasteiger partial charge in [-0.25, -0.2) is 0 Å². The van der Waals surface area contributed by atoms with Crippen molar-refractivity contribution in [3.63, 3.8) is 0 Å². The number of amides is 2. The Labute approximate surface area is 159 Å². The maximum absolute atomic E-state index is 12.7. The van der Waals surface area contributed by atoms with E-state index in [4.69, 9.17) is 9.47 Å². The highest BCUT2D eigenvalue weighted by Crippen LogP contribution is 2.31. The lowest BCUT2D eigenvalue weighted by atomic mass is 9.90. The lowest BCUT2D eigenvalue weighted by molar-refractivity contribution is -0.200. The smallest absolute Gasteiger partial charge is 0.239 e. The minimum atomic E-state index is -0.335. The van der Waals surface area contributed by atoms with Crippen molar-refractivity contribution >= 4 is 11.8 Å². The van der Waals surface area contributed by atoms with Crippen LogP contribution >= 0.6 is 0 Å². The van der Waals surface area contributed by atoms with Crippen molar-refractivity contribution in [3.8, 4) is 5.75 Å². The maximum Gasteiger partial charge on any atom is 0.239 e. The molecule has 1 unspecified atom stereocenters. The SMILES string of the molecule is CNC(=O)C1COC2(CN(C(=O)Cc3ccc4c(c3)CCCO4)C2)CN1C. The van der Waals surface area contributed by atoms with Gasteiger partial charge in [0.05, 0.1) is 32.7 Å². The van der Waals surface area contributed by atoms with Crippen molar-refractivity contribution in [1.29, 1.82) is 0 Å². The molecule has 3 aliphatic heterocycles. The molecular formula is C20H27N3O4. The summed E-state index contributed by atoms with van der Waals surface area (Å²) in [4.78, 5) is 28.4. The fraction of sp³-hybridized carbons (Fsp3) is 0.600. The number of hydrogen-bond acceptors (Lipinski definition) is 5. The van der Waals surface area contributed by atoms with E-state index < -0.39 is 0 Å². The third-order valence-corrected chi connectivity index (χ3v) is 5.81. The lowest BCUT2D eigenvalue weighted by Gasteiger charge is -2.54. The number of benzene rings is 1. The number of nitrogens with one attached hydrogen (secondary N) is 1. The standard InChI is InChI=1S/C20H27N3O4/c1-21-19(25)16-10-27-20(11-22(16)2)12-23(13-20)18(24)9-14-5-6-17-15(8-14)4-3-7-26-17/h5-6,8,16H,3-4,7,9-13H2,1-2H3,(H,21,25). The number of ether oxygens (including phenoxy) is 2. The average Bonchev–Trinajstić information content (AvgIpc) is 2.65. The molecule has 3 aliphatic rings. The number of nitrogens with zero attached hydrogens (tertiary/aromatic N) is 2. The van der Waals surface area contributed by atoms with Crippen LogP contribution in [0.15, 0.2) is 18.2 Å². The molecule has 2 amide bonds. The molecule has 1 aromatic carbocycles. The van der Waals surface area contributed by atoms with Crippen LogP contribution in [0.4, 0.5) is 0 Å². The molecule has 4 rings (SSSR count). The average molecular weight is 373 g/mol. The summed E-state index contributed by atoms with van der Waals surface area (Å²) >= 11 is 0. The molecule has 0 aliphatic carbocycles. The van der Waals surface area contributed by atoms with E-state index in [1.807, 2.05) is 29.0 Å². The first-order valence-electron chi connectivity index (χ1n) is 9.58. The summed E-state index contributed by atoms with van der Waals surface area (Å²) in [6.07, 6.45) is 2.44. The van der Waals surface area contributed by atoms with Gasteiger partial charge >= 0.3 is 0 Å². The van der Waals surface area contributed by atoms with Crippen LogP contribution < -0.4 is 10.1 Å². The van der Waals surface area contributed by atoms with Gasteiger partial charge in [-0.3, -0.25) is 14.5 Å². The van der Waals surface area contributed by atoms with E-state index in [1.165, 1.54) is 5.56 Å². The topological polar surface area (TPSA) is 71.1 Å². The molecule has 1 N–H and O–H groups in total. The molecule has 3 heterocycles. The number of likely N-dealkylation sites (tertiary alicyclic amines) is 1. The molecule has 0 radical (unpaired) electrons. The Hall–Kier alpha value is -2.12. The van der Waals surface area contributed by atoms with Crippen molar-refractivity contribution in [1.82, 2.24) is 15.1 Å². The number of likely N-dealkylation sites (N-methyl/N-ethyl adjacent to an activating group) is 2. The summed E-state index contributed by atoms with van der Waals surface area (Å²) in [5.41, 5.74) is 1.90. The van der Waals surface area contributed by atoms with E-state index in [0.29, 0.717) is 32.7 Å². The van der Waals surface area contributed by atoms with Crippen molar-refractivity contribution < 1.29 is 19.1 Å². The van der Waals surface area contributed by atoms with Gasteiger partial charge in [-0.1, -0.05) is 12.1 Å². The zero-order valence-corrected chi connectivity index (χ0v) is 16.0. The molecule has 1 aromatic rings. The fourth-order valence-electron chi connectivity index (χ4n) is 4.26. The van der Waals surface area contributed by atoms with Gasteiger partial charge in [-0.2, -0.15) is 0 Å². The fourth-order valence-corrected chi connectivity index (χ4v) is 4.26. The number of fused-ring (bicyclic) bond motifs is 1. The van der Waals surface area contributed by atoms with Crippen molar-refractivity contribution in [3.05, 3.63) is 29.3 Å². The first kappa shape index (κ1) is 18.3. The van der Waals surface area contributed by atoms with E-state index >= 15 is 0 Å². The monoisotopic (exact) mass is 373 g/mol. The number of carbonyl (C=O) groups is 2. The van der Waals surface area contributed by atoms with Crippen LogP contribution in [0, 0.1) is 0 Å². The van der Waals surface area contributed by atoms with Crippen LogP contribution in [0.1, 0.15) is 17.5 Å². The Balaban J connectivity index is 1.32. The predicted molar refractivity (Wildman–Crippen MR) is 99.7 cm³/mol. The van der Waals surface area contributed by atoms with Gasteiger partial charge < -0.3 is 19.7 Å². The second-order valence-corrected chi connectivity index (χ2v) is 7.86. The van der Waals surface area contributed by atoms with Crippen LogP contribution in [-0.2, 0) is 27.2 Å². The van der Waals surface area contributed by atoms with Crippen LogP contribution in [0.5, 0.6) is 5.75 Å². The summed E-state index contributed by atoms with van der Waals surface area (Å²) in [6.45, 7) is 2.97. The summed E-state index contributed by atoms with van der Waals surface area (Å²) in [5.74, 6) is 1.04. The van der Waals surface area contributed by atoms with Gasteiger partial charge in [0, 0.05) is 13.6 Å². The molecule has 1 spiro atoms.